The second kappa shape index (κ2) is 6.19. The van der Waals surface area contributed by atoms with Gasteiger partial charge in [-0.05, 0) is 24.6 Å². The fourth-order valence-corrected chi connectivity index (χ4v) is 3.97. The number of ether oxygens (including phenoxy) is 2. The molecule has 0 N–H and O–H groups in total. The second-order valence-electron chi connectivity index (χ2n) is 3.71. The molecule has 0 radical (unpaired) electrons. The highest BCUT2D eigenvalue weighted by Crippen LogP contribution is 2.25. The molecular weight excluding hydrogens is 252 g/mol. The van der Waals surface area contributed by atoms with Crippen LogP contribution in [0.4, 0.5) is 0 Å². The fourth-order valence-electron chi connectivity index (χ4n) is 1.90. The minimum Gasteiger partial charge on any atom is -0.496 e. The summed E-state index contributed by atoms with van der Waals surface area (Å²) in [7, 11) is 4.85. The predicted molar refractivity (Wildman–Crippen MR) is 70.7 cm³/mol. The highest BCUT2D eigenvalue weighted by molar-refractivity contribution is 6.77. The van der Waals surface area contributed by atoms with Gasteiger partial charge >= 0.3 is 8.80 Å². The van der Waals surface area contributed by atoms with E-state index in [1.165, 1.54) is 0 Å². The lowest BCUT2D eigenvalue weighted by Crippen LogP contribution is -2.55. The van der Waals surface area contributed by atoms with Crippen molar-refractivity contribution < 1.29 is 22.8 Å². The highest BCUT2D eigenvalue weighted by Gasteiger charge is 2.46. The average molecular weight is 272 g/mol. The second-order valence-corrected chi connectivity index (χ2v) is 6.55. The molecule has 1 rings (SSSR count). The zero-order valence-corrected chi connectivity index (χ0v) is 12.7. The molecule has 0 amide bonds. The van der Waals surface area contributed by atoms with Crippen LogP contribution in [-0.4, -0.2) is 44.4 Å². The van der Waals surface area contributed by atoms with Gasteiger partial charge in [0.05, 0.1) is 14.2 Å². The summed E-state index contributed by atoms with van der Waals surface area (Å²) in [5.74, 6) is 1.29. The summed E-state index contributed by atoms with van der Waals surface area (Å²) >= 11 is 0. The van der Waals surface area contributed by atoms with Gasteiger partial charge in [0.25, 0.3) is 0 Å². The summed E-state index contributed by atoms with van der Waals surface area (Å²) in [4.78, 5) is 0. The smallest absolute Gasteiger partial charge is 0.496 e. The monoisotopic (exact) mass is 272 g/mol. The van der Waals surface area contributed by atoms with Gasteiger partial charge in [0.15, 0.2) is 0 Å². The van der Waals surface area contributed by atoms with Crippen molar-refractivity contribution in [1.82, 2.24) is 0 Å². The minimum absolute atomic E-state index is 0.643. The van der Waals surface area contributed by atoms with E-state index in [0.29, 0.717) is 16.7 Å². The van der Waals surface area contributed by atoms with Crippen molar-refractivity contribution in [1.29, 1.82) is 0 Å². The van der Waals surface area contributed by atoms with Crippen molar-refractivity contribution in [3.63, 3.8) is 0 Å². The normalized spacial score (nSPS) is 11.4. The molecular formula is C12H20O5Si. The van der Waals surface area contributed by atoms with E-state index in [1.54, 1.807) is 35.5 Å². The molecule has 1 aromatic rings. The zero-order valence-electron chi connectivity index (χ0n) is 11.7. The molecule has 0 aliphatic rings. The van der Waals surface area contributed by atoms with Crippen molar-refractivity contribution in [3.8, 4) is 11.5 Å². The molecule has 0 bridgehead atoms. The fraction of sp³-hybridized carbons (Fsp3) is 0.500. The van der Waals surface area contributed by atoms with E-state index >= 15 is 0 Å². The Morgan fingerprint density at radius 2 is 1.17 bits per heavy atom. The number of methoxy groups -OCH3 is 2. The Morgan fingerprint density at radius 3 is 1.44 bits per heavy atom. The third kappa shape index (κ3) is 2.51. The summed E-state index contributed by atoms with van der Waals surface area (Å²) < 4.78 is 27.2. The lowest BCUT2D eigenvalue weighted by molar-refractivity contribution is 0.138. The van der Waals surface area contributed by atoms with Gasteiger partial charge in [-0.3, -0.25) is 0 Å². The standard InChI is InChI=1S/C12H20O5Si/c1-9-7-10(13-2)12(11(8-9)14-3)18(15-4,16-5)17-6/h7-8H,1-6H3. The van der Waals surface area contributed by atoms with Crippen LogP contribution in [0, 0.1) is 6.92 Å². The molecule has 0 aromatic heterocycles. The van der Waals surface area contributed by atoms with Crippen LogP contribution in [0.5, 0.6) is 11.5 Å². The van der Waals surface area contributed by atoms with Crippen LogP contribution < -0.4 is 14.7 Å². The maximum atomic E-state index is 5.48. The quantitative estimate of drug-likeness (QED) is 0.726. The predicted octanol–water partition coefficient (Wildman–Crippen LogP) is 1.10. The first kappa shape index (κ1) is 15.0. The summed E-state index contributed by atoms with van der Waals surface area (Å²) in [6.45, 7) is 1.96. The highest BCUT2D eigenvalue weighted by atomic mass is 28.4. The lowest BCUT2D eigenvalue weighted by atomic mass is 10.2. The van der Waals surface area contributed by atoms with Crippen LogP contribution in [0.2, 0.25) is 0 Å². The van der Waals surface area contributed by atoms with E-state index in [9.17, 15) is 0 Å². The molecule has 1 aromatic carbocycles. The first-order valence-electron chi connectivity index (χ1n) is 5.47. The van der Waals surface area contributed by atoms with Crippen LogP contribution >= 0.6 is 0 Å². The molecule has 0 saturated heterocycles. The maximum absolute atomic E-state index is 5.48. The van der Waals surface area contributed by atoms with Crippen LogP contribution in [0.25, 0.3) is 0 Å². The molecule has 5 nitrogen and oxygen atoms in total. The Bertz CT molecular complexity index is 370. The molecule has 0 heterocycles. The molecule has 102 valence electrons. The van der Waals surface area contributed by atoms with Gasteiger partial charge in [0.1, 0.15) is 16.7 Å². The number of aryl methyl sites for hydroxylation is 1. The van der Waals surface area contributed by atoms with E-state index in [0.717, 1.165) is 5.56 Å². The number of hydrogen-bond donors (Lipinski definition) is 0. The molecule has 0 saturated carbocycles. The third-order valence-electron chi connectivity index (χ3n) is 2.76. The van der Waals surface area contributed by atoms with Gasteiger partial charge in [-0.2, -0.15) is 0 Å². The van der Waals surface area contributed by atoms with Crippen LogP contribution in [0.1, 0.15) is 5.56 Å². The maximum Gasteiger partial charge on any atom is 0.544 e. The topological polar surface area (TPSA) is 46.2 Å². The molecule has 0 atom stereocenters. The summed E-state index contributed by atoms with van der Waals surface area (Å²) in [6.07, 6.45) is 0. The third-order valence-corrected chi connectivity index (χ3v) is 5.48. The Labute approximate surface area is 109 Å². The van der Waals surface area contributed by atoms with Gasteiger partial charge in [-0.15, -0.1) is 0 Å². The van der Waals surface area contributed by atoms with E-state index < -0.39 is 8.80 Å². The zero-order chi connectivity index (χ0) is 13.8. The van der Waals surface area contributed by atoms with Crippen LogP contribution in [0.3, 0.4) is 0 Å². The van der Waals surface area contributed by atoms with Gasteiger partial charge in [-0.25, -0.2) is 0 Å². The SMILES string of the molecule is COc1cc(C)cc(OC)c1[Si](OC)(OC)OC. The Morgan fingerprint density at radius 1 is 0.778 bits per heavy atom. The van der Waals surface area contributed by atoms with Crippen molar-refractivity contribution in [2.75, 3.05) is 35.5 Å². The van der Waals surface area contributed by atoms with Crippen LogP contribution in [0.15, 0.2) is 12.1 Å². The van der Waals surface area contributed by atoms with E-state index in [2.05, 4.69) is 0 Å². The van der Waals surface area contributed by atoms with E-state index in [4.69, 9.17) is 22.8 Å². The summed E-state index contributed by atoms with van der Waals surface area (Å²) in [5, 5.41) is 0.700. The summed E-state index contributed by atoms with van der Waals surface area (Å²) in [5.41, 5.74) is 1.03. The van der Waals surface area contributed by atoms with Gasteiger partial charge in [-0.1, -0.05) is 0 Å². The largest absolute Gasteiger partial charge is 0.544 e. The van der Waals surface area contributed by atoms with Crippen LogP contribution in [-0.2, 0) is 13.3 Å². The Hall–Kier alpha value is -1.08. The molecule has 0 aliphatic carbocycles. The lowest BCUT2D eigenvalue weighted by Gasteiger charge is -2.27. The van der Waals surface area contributed by atoms with Crippen molar-refractivity contribution >= 4 is 14.0 Å². The van der Waals surface area contributed by atoms with Gasteiger partial charge in [0.2, 0.25) is 0 Å². The first-order chi connectivity index (χ1) is 8.58. The first-order valence-corrected chi connectivity index (χ1v) is 7.19. The van der Waals surface area contributed by atoms with Crippen molar-refractivity contribution in [3.05, 3.63) is 17.7 Å². The summed E-state index contributed by atoms with van der Waals surface area (Å²) in [6, 6.07) is 3.80. The average Bonchev–Trinajstić information content (AvgIpc) is 2.41. The minimum atomic E-state index is -3.00. The van der Waals surface area contributed by atoms with Gasteiger partial charge in [0, 0.05) is 21.3 Å². The van der Waals surface area contributed by atoms with Gasteiger partial charge < -0.3 is 22.8 Å². The molecule has 6 heteroatoms. The molecule has 0 unspecified atom stereocenters. The van der Waals surface area contributed by atoms with E-state index in [1.807, 2.05) is 19.1 Å². The molecule has 0 fully saturated rings. The molecule has 18 heavy (non-hydrogen) atoms. The molecule has 0 spiro atoms. The van der Waals surface area contributed by atoms with Crippen molar-refractivity contribution in [2.45, 2.75) is 6.92 Å². The number of hydrogen-bond acceptors (Lipinski definition) is 5. The van der Waals surface area contributed by atoms with Crippen molar-refractivity contribution in [2.24, 2.45) is 0 Å². The molecule has 0 aliphatic heterocycles. The number of rotatable bonds is 6. The number of benzene rings is 1. The van der Waals surface area contributed by atoms with E-state index in [-0.39, 0.29) is 0 Å². The Kier molecular flexibility index (Phi) is 5.15. The Balaban J connectivity index is 3.53.